The molecule has 1 aromatic carbocycles. The number of hydrogen-bond acceptors (Lipinski definition) is 6. The van der Waals surface area contributed by atoms with Crippen molar-refractivity contribution in [1.82, 2.24) is 4.98 Å². The monoisotopic (exact) mass is 583 g/mol. The van der Waals surface area contributed by atoms with Gasteiger partial charge in [-0.3, -0.25) is 4.79 Å². The molecular weight excluding hydrogens is 530 g/mol. The zero-order valence-electron chi connectivity index (χ0n) is 27.0. The Morgan fingerprint density at radius 2 is 1.73 bits per heavy atom. The van der Waals surface area contributed by atoms with Crippen LogP contribution in [0.15, 0.2) is 42.6 Å². The quantitative estimate of drug-likeness (QED) is 0.214. The molecule has 1 aliphatic rings. The molecule has 1 aromatic heterocycles. The Bertz CT molecular complexity index is 1160. The van der Waals surface area contributed by atoms with Crippen LogP contribution in [0.25, 0.3) is 0 Å². The molecule has 0 bridgehead atoms. The molecule has 0 amide bonds. The van der Waals surface area contributed by atoms with Crippen molar-refractivity contribution in [1.29, 1.82) is 0 Å². The molecule has 1 saturated carbocycles. The fourth-order valence-electron chi connectivity index (χ4n) is 5.92. The van der Waals surface area contributed by atoms with Gasteiger partial charge in [-0.2, -0.15) is 0 Å². The van der Waals surface area contributed by atoms with Crippen molar-refractivity contribution in [3.63, 3.8) is 0 Å². The number of carbonyl (C=O) groups is 1. The van der Waals surface area contributed by atoms with Gasteiger partial charge in [-0.05, 0) is 65.9 Å². The van der Waals surface area contributed by atoms with Gasteiger partial charge < -0.3 is 19.0 Å². The van der Waals surface area contributed by atoms with Crippen LogP contribution in [0.4, 0.5) is 0 Å². The van der Waals surface area contributed by atoms with Crippen LogP contribution >= 0.6 is 0 Å². The number of methoxy groups -OCH3 is 1. The van der Waals surface area contributed by atoms with Crippen molar-refractivity contribution in [3.05, 3.63) is 59.3 Å². The van der Waals surface area contributed by atoms with E-state index >= 15 is 0 Å². The summed E-state index contributed by atoms with van der Waals surface area (Å²) in [6, 6.07) is 12.3. The Labute approximate surface area is 249 Å². The van der Waals surface area contributed by atoms with Gasteiger partial charge in [-0.1, -0.05) is 85.2 Å². The van der Waals surface area contributed by atoms with Gasteiger partial charge in [0.2, 0.25) is 5.88 Å². The lowest BCUT2D eigenvalue weighted by molar-refractivity contribution is -0.162. The number of aromatic nitrogens is 1. The van der Waals surface area contributed by atoms with E-state index in [2.05, 4.69) is 83.9 Å². The van der Waals surface area contributed by atoms with Crippen molar-refractivity contribution >= 4 is 14.3 Å². The average Bonchev–Trinajstić information content (AvgIpc) is 2.91. The molecule has 0 spiro atoms. The molecule has 6 nitrogen and oxygen atoms in total. The highest BCUT2D eigenvalue weighted by atomic mass is 28.4. The zero-order chi connectivity index (χ0) is 30.6. The van der Waals surface area contributed by atoms with E-state index < -0.39 is 13.9 Å². The highest BCUT2D eigenvalue weighted by Crippen LogP contribution is 2.45. The third-order valence-corrected chi connectivity index (χ3v) is 14.4. The van der Waals surface area contributed by atoms with Gasteiger partial charge in [-0.15, -0.1) is 0 Å². The molecule has 0 aliphatic heterocycles. The number of aliphatic hydroxyl groups is 1. The number of rotatable bonds is 11. The normalized spacial score (nSPS) is 21.7. The minimum atomic E-state index is -2.09. The summed E-state index contributed by atoms with van der Waals surface area (Å²) in [4.78, 5) is 18.0. The van der Waals surface area contributed by atoms with Crippen molar-refractivity contribution in [2.24, 2.45) is 11.8 Å². The Hall–Kier alpha value is -2.22. The van der Waals surface area contributed by atoms with E-state index in [1.165, 1.54) is 5.56 Å². The molecule has 0 unspecified atom stereocenters. The summed E-state index contributed by atoms with van der Waals surface area (Å²) < 4.78 is 18.4. The molecule has 3 rings (SSSR count). The molecule has 1 fully saturated rings. The maximum atomic E-state index is 13.6. The number of ether oxygens (including phenoxy) is 2. The summed E-state index contributed by atoms with van der Waals surface area (Å²) in [6.45, 7) is 19.8. The van der Waals surface area contributed by atoms with E-state index in [1.807, 2.05) is 13.0 Å². The molecule has 1 heterocycles. The van der Waals surface area contributed by atoms with Crippen LogP contribution in [0.1, 0.15) is 97.3 Å². The van der Waals surface area contributed by atoms with Gasteiger partial charge in [-0.25, -0.2) is 4.98 Å². The highest BCUT2D eigenvalue weighted by Gasteiger charge is 2.44. The van der Waals surface area contributed by atoms with Crippen LogP contribution in [0.2, 0.25) is 18.1 Å². The van der Waals surface area contributed by atoms with Crippen LogP contribution in [0.3, 0.4) is 0 Å². The van der Waals surface area contributed by atoms with Crippen LogP contribution in [0, 0.1) is 11.8 Å². The van der Waals surface area contributed by atoms with Gasteiger partial charge >= 0.3 is 5.97 Å². The van der Waals surface area contributed by atoms with Crippen molar-refractivity contribution in [3.8, 4) is 5.88 Å². The molecule has 4 atom stereocenters. The Balaban J connectivity index is 1.87. The molecular formula is C34H53NO5Si. The lowest BCUT2D eigenvalue weighted by Gasteiger charge is -2.44. The van der Waals surface area contributed by atoms with Crippen LogP contribution in [0.5, 0.6) is 5.88 Å². The molecule has 2 aromatic rings. The summed E-state index contributed by atoms with van der Waals surface area (Å²) in [5, 5.41) is 12.0. The lowest BCUT2D eigenvalue weighted by atomic mass is 9.64. The number of benzene rings is 1. The topological polar surface area (TPSA) is 77.9 Å². The summed E-state index contributed by atoms with van der Waals surface area (Å²) in [6.07, 6.45) is 4.53. The molecule has 41 heavy (non-hydrogen) atoms. The van der Waals surface area contributed by atoms with E-state index in [9.17, 15) is 9.90 Å². The SMILES string of the molecule is CC[C@@](O)(CC(=O)O[C@@H]1C[C@H](C)CC[C@H]1C(C)(C)c1ccccc1)c1ccnc(OC)c1CO[Si](C)(C)C(C)(C)C. The second-order valence-electron chi connectivity index (χ2n) is 14.1. The number of esters is 1. The Morgan fingerprint density at radius 3 is 2.32 bits per heavy atom. The van der Waals surface area contributed by atoms with Crippen molar-refractivity contribution in [2.45, 2.75) is 122 Å². The fourth-order valence-corrected chi connectivity index (χ4v) is 6.86. The molecule has 7 heteroatoms. The van der Waals surface area contributed by atoms with Gasteiger partial charge in [0.25, 0.3) is 0 Å². The molecule has 0 radical (unpaired) electrons. The zero-order valence-corrected chi connectivity index (χ0v) is 28.0. The number of hydrogen-bond donors (Lipinski definition) is 1. The first-order chi connectivity index (χ1) is 19.1. The minimum absolute atomic E-state index is 0.0225. The van der Waals surface area contributed by atoms with Gasteiger partial charge in [0.05, 0.1) is 20.1 Å². The Morgan fingerprint density at radius 1 is 1.07 bits per heavy atom. The molecule has 0 saturated heterocycles. The smallest absolute Gasteiger partial charge is 0.309 e. The van der Waals surface area contributed by atoms with Gasteiger partial charge in [0.1, 0.15) is 11.7 Å². The molecule has 228 valence electrons. The lowest BCUT2D eigenvalue weighted by Crippen LogP contribution is -2.44. The summed E-state index contributed by atoms with van der Waals surface area (Å²) in [7, 11) is -0.524. The van der Waals surface area contributed by atoms with Crippen LogP contribution < -0.4 is 4.74 Å². The standard InChI is InChI=1S/C34H53NO5Si/c1-11-34(37,27-19-20-35-31(38-8)26(27)23-39-41(9,10)32(3,4)5)22-30(36)40-29-21-24(2)17-18-28(29)33(6,7)25-15-13-12-14-16-25/h12-16,19-20,24,28-29,37H,11,17-18,21-23H2,1-10H3/t24-,28-,29-,34-/m1/s1. The summed E-state index contributed by atoms with van der Waals surface area (Å²) >= 11 is 0. The van der Waals surface area contributed by atoms with Crippen molar-refractivity contribution in [2.75, 3.05) is 7.11 Å². The first-order valence-electron chi connectivity index (χ1n) is 15.2. The van der Waals surface area contributed by atoms with Crippen LogP contribution in [-0.4, -0.2) is 37.6 Å². The summed E-state index contributed by atoms with van der Waals surface area (Å²) in [5.41, 5.74) is 0.956. The number of nitrogens with zero attached hydrogens (tertiary/aromatic N) is 1. The van der Waals surface area contributed by atoms with E-state index in [0.717, 1.165) is 19.3 Å². The Kier molecular flexibility index (Phi) is 10.5. The fraction of sp³-hybridized carbons (Fsp3) is 0.647. The van der Waals surface area contributed by atoms with E-state index in [-0.39, 0.29) is 41.5 Å². The first kappa shape index (κ1) is 33.3. The van der Waals surface area contributed by atoms with E-state index in [0.29, 0.717) is 29.3 Å². The largest absolute Gasteiger partial charge is 0.481 e. The third-order valence-electron chi connectivity index (χ3n) is 9.90. The molecule has 1 aliphatic carbocycles. The maximum absolute atomic E-state index is 13.6. The predicted molar refractivity (Wildman–Crippen MR) is 167 cm³/mol. The van der Waals surface area contributed by atoms with E-state index in [4.69, 9.17) is 13.9 Å². The highest BCUT2D eigenvalue weighted by molar-refractivity contribution is 6.74. The number of pyridine rings is 1. The average molecular weight is 584 g/mol. The summed E-state index contributed by atoms with van der Waals surface area (Å²) in [5.74, 6) is 0.695. The third kappa shape index (κ3) is 7.60. The van der Waals surface area contributed by atoms with E-state index in [1.54, 1.807) is 19.4 Å². The molecule has 1 N–H and O–H groups in total. The second-order valence-corrected chi connectivity index (χ2v) is 18.9. The minimum Gasteiger partial charge on any atom is -0.481 e. The second kappa shape index (κ2) is 13.0. The first-order valence-corrected chi connectivity index (χ1v) is 18.1. The predicted octanol–water partition coefficient (Wildman–Crippen LogP) is 7.93. The number of carbonyl (C=O) groups excluding carboxylic acids is 1. The van der Waals surface area contributed by atoms with Crippen molar-refractivity contribution < 1.29 is 23.8 Å². The maximum Gasteiger partial charge on any atom is 0.309 e. The van der Waals surface area contributed by atoms with Crippen LogP contribution in [-0.2, 0) is 31.6 Å². The van der Waals surface area contributed by atoms with Gasteiger partial charge in [0, 0.05) is 17.7 Å². The van der Waals surface area contributed by atoms with Gasteiger partial charge in [0.15, 0.2) is 8.32 Å².